The topological polar surface area (TPSA) is 96.2 Å². The van der Waals surface area contributed by atoms with Crippen molar-refractivity contribution < 1.29 is 29.6 Å². The van der Waals surface area contributed by atoms with Crippen LogP contribution in [-0.4, -0.2) is 39.1 Å². The molecule has 2 aliphatic rings. The summed E-state index contributed by atoms with van der Waals surface area (Å²) in [5.41, 5.74) is -0.872. The Bertz CT molecular complexity index is 550. The van der Waals surface area contributed by atoms with Gasteiger partial charge in [0, 0.05) is 24.1 Å². The molecular formula is C13H14O6. The molecule has 1 aromatic carbocycles. The van der Waals surface area contributed by atoms with Gasteiger partial charge in [0.2, 0.25) is 0 Å². The standard InChI is InChI=1S/C13H14O6/c1-13(17)5-11(16)18-10-4-7-8(15)2-6(14)3-9(7)19-12(10)13/h2-3,10,12,14-15,17H,4-5H2,1H3/t10-,12+,13-/m1/s1. The third-order valence-corrected chi connectivity index (χ3v) is 3.57. The molecule has 0 saturated carbocycles. The smallest absolute Gasteiger partial charge is 0.309 e. The monoisotopic (exact) mass is 266 g/mol. The van der Waals surface area contributed by atoms with E-state index in [1.54, 1.807) is 0 Å². The Balaban J connectivity index is 2.03. The molecule has 0 spiro atoms. The van der Waals surface area contributed by atoms with Crippen molar-refractivity contribution >= 4 is 5.97 Å². The number of carbonyl (C=O) groups is 1. The van der Waals surface area contributed by atoms with Crippen LogP contribution in [0.3, 0.4) is 0 Å². The number of aliphatic hydroxyl groups is 1. The summed E-state index contributed by atoms with van der Waals surface area (Å²) in [6.45, 7) is 1.51. The zero-order chi connectivity index (χ0) is 13.8. The maximum Gasteiger partial charge on any atom is 0.309 e. The first-order valence-corrected chi connectivity index (χ1v) is 6.00. The molecule has 2 heterocycles. The Hall–Kier alpha value is -1.95. The van der Waals surface area contributed by atoms with Crippen LogP contribution in [0.1, 0.15) is 18.9 Å². The van der Waals surface area contributed by atoms with Crippen molar-refractivity contribution in [2.24, 2.45) is 0 Å². The normalized spacial score (nSPS) is 32.8. The summed E-state index contributed by atoms with van der Waals surface area (Å²) in [7, 11) is 0. The van der Waals surface area contributed by atoms with Gasteiger partial charge in [0.15, 0.2) is 6.10 Å². The second-order valence-corrected chi connectivity index (χ2v) is 5.25. The lowest BCUT2D eigenvalue weighted by molar-refractivity contribution is -0.194. The van der Waals surface area contributed by atoms with Gasteiger partial charge >= 0.3 is 5.97 Å². The largest absolute Gasteiger partial charge is 0.508 e. The van der Waals surface area contributed by atoms with Crippen molar-refractivity contribution in [3.63, 3.8) is 0 Å². The van der Waals surface area contributed by atoms with E-state index in [4.69, 9.17) is 9.47 Å². The summed E-state index contributed by atoms with van der Waals surface area (Å²) >= 11 is 0. The minimum absolute atomic E-state index is 0.116. The van der Waals surface area contributed by atoms with Crippen LogP contribution >= 0.6 is 0 Å². The summed E-state index contributed by atoms with van der Waals surface area (Å²) in [5, 5.41) is 29.5. The highest BCUT2D eigenvalue weighted by Gasteiger charge is 2.50. The second-order valence-electron chi connectivity index (χ2n) is 5.25. The number of fused-ring (bicyclic) bond motifs is 2. The number of carbonyl (C=O) groups excluding carboxylic acids is 1. The van der Waals surface area contributed by atoms with E-state index in [-0.39, 0.29) is 24.3 Å². The SMILES string of the molecule is C[C@@]1(O)CC(=O)O[C@@H]2Cc3c(O)cc(O)cc3O[C@@H]21. The Labute approximate surface area is 109 Å². The maximum absolute atomic E-state index is 11.4. The van der Waals surface area contributed by atoms with Gasteiger partial charge in [0.1, 0.15) is 29.0 Å². The van der Waals surface area contributed by atoms with Crippen LogP contribution in [0.4, 0.5) is 0 Å². The first-order chi connectivity index (χ1) is 8.87. The molecule has 0 aliphatic carbocycles. The Morgan fingerprint density at radius 3 is 2.79 bits per heavy atom. The highest BCUT2D eigenvalue weighted by atomic mass is 16.6. The first-order valence-electron chi connectivity index (χ1n) is 6.00. The molecule has 3 rings (SSSR count). The summed E-state index contributed by atoms with van der Waals surface area (Å²) in [6.07, 6.45) is -1.25. The van der Waals surface area contributed by atoms with Gasteiger partial charge in [0.05, 0.1) is 6.42 Å². The fourth-order valence-electron chi connectivity index (χ4n) is 2.68. The van der Waals surface area contributed by atoms with Crippen LogP contribution in [0, 0.1) is 0 Å². The molecular weight excluding hydrogens is 252 g/mol. The molecule has 19 heavy (non-hydrogen) atoms. The molecule has 1 fully saturated rings. The molecule has 2 aliphatic heterocycles. The number of hydrogen-bond acceptors (Lipinski definition) is 6. The van der Waals surface area contributed by atoms with Crippen molar-refractivity contribution in [2.75, 3.05) is 0 Å². The number of benzene rings is 1. The first kappa shape index (κ1) is 12.1. The maximum atomic E-state index is 11.4. The lowest BCUT2D eigenvalue weighted by atomic mass is 9.84. The van der Waals surface area contributed by atoms with E-state index in [0.29, 0.717) is 11.3 Å². The summed E-state index contributed by atoms with van der Waals surface area (Å²) in [5.74, 6) is -0.426. The predicted octanol–water partition coefficient (Wildman–Crippen LogP) is 0.468. The fourth-order valence-corrected chi connectivity index (χ4v) is 2.68. The molecule has 0 amide bonds. The van der Waals surface area contributed by atoms with Crippen molar-refractivity contribution in [3.05, 3.63) is 17.7 Å². The quantitative estimate of drug-likeness (QED) is 0.591. The third-order valence-electron chi connectivity index (χ3n) is 3.57. The lowest BCUT2D eigenvalue weighted by Crippen LogP contribution is -2.59. The van der Waals surface area contributed by atoms with Gasteiger partial charge in [-0.05, 0) is 6.92 Å². The van der Waals surface area contributed by atoms with Crippen LogP contribution in [0.15, 0.2) is 12.1 Å². The van der Waals surface area contributed by atoms with Gasteiger partial charge in [-0.15, -0.1) is 0 Å². The van der Waals surface area contributed by atoms with Crippen molar-refractivity contribution in [2.45, 2.75) is 37.6 Å². The number of phenols is 2. The summed E-state index contributed by atoms with van der Waals surface area (Å²) < 4.78 is 10.8. The van der Waals surface area contributed by atoms with Crippen molar-refractivity contribution in [3.8, 4) is 17.2 Å². The van der Waals surface area contributed by atoms with Gasteiger partial charge in [-0.3, -0.25) is 4.79 Å². The molecule has 1 aromatic rings. The average Bonchev–Trinajstić information content (AvgIpc) is 2.27. The fraction of sp³-hybridized carbons (Fsp3) is 0.462. The number of ether oxygens (including phenoxy) is 2. The zero-order valence-corrected chi connectivity index (χ0v) is 10.3. The van der Waals surface area contributed by atoms with E-state index in [2.05, 4.69) is 0 Å². The van der Waals surface area contributed by atoms with Gasteiger partial charge in [-0.2, -0.15) is 0 Å². The van der Waals surface area contributed by atoms with E-state index in [0.717, 1.165) is 0 Å². The molecule has 102 valence electrons. The lowest BCUT2D eigenvalue weighted by Gasteiger charge is -2.44. The van der Waals surface area contributed by atoms with Gasteiger partial charge in [-0.25, -0.2) is 0 Å². The predicted molar refractivity (Wildman–Crippen MR) is 63.0 cm³/mol. The van der Waals surface area contributed by atoms with E-state index in [9.17, 15) is 20.1 Å². The molecule has 0 aromatic heterocycles. The number of esters is 1. The van der Waals surface area contributed by atoms with E-state index >= 15 is 0 Å². The zero-order valence-electron chi connectivity index (χ0n) is 10.3. The molecule has 0 bridgehead atoms. The van der Waals surface area contributed by atoms with Crippen LogP contribution in [0.5, 0.6) is 17.2 Å². The molecule has 3 N–H and O–H groups in total. The van der Waals surface area contributed by atoms with Crippen LogP contribution in [0.25, 0.3) is 0 Å². The van der Waals surface area contributed by atoms with Crippen LogP contribution in [-0.2, 0) is 16.0 Å². The second kappa shape index (κ2) is 3.77. The Morgan fingerprint density at radius 1 is 1.32 bits per heavy atom. The number of rotatable bonds is 0. The van der Waals surface area contributed by atoms with E-state index in [1.165, 1.54) is 19.1 Å². The van der Waals surface area contributed by atoms with Crippen LogP contribution < -0.4 is 4.74 Å². The Kier molecular flexibility index (Phi) is 2.40. The van der Waals surface area contributed by atoms with Crippen molar-refractivity contribution in [1.29, 1.82) is 0 Å². The molecule has 0 unspecified atom stereocenters. The number of hydrogen-bond donors (Lipinski definition) is 3. The van der Waals surface area contributed by atoms with Gasteiger partial charge < -0.3 is 24.8 Å². The highest BCUT2D eigenvalue weighted by Crippen LogP contribution is 2.42. The average molecular weight is 266 g/mol. The molecule has 0 radical (unpaired) electrons. The van der Waals surface area contributed by atoms with Crippen molar-refractivity contribution in [1.82, 2.24) is 0 Å². The van der Waals surface area contributed by atoms with Gasteiger partial charge in [-0.1, -0.05) is 0 Å². The molecule has 6 heteroatoms. The van der Waals surface area contributed by atoms with Crippen LogP contribution in [0.2, 0.25) is 0 Å². The molecule has 6 nitrogen and oxygen atoms in total. The molecule has 1 saturated heterocycles. The molecule has 3 atom stereocenters. The third kappa shape index (κ3) is 1.88. The highest BCUT2D eigenvalue weighted by molar-refractivity contribution is 5.72. The number of aromatic hydroxyl groups is 2. The summed E-state index contributed by atoms with van der Waals surface area (Å²) in [6, 6.07) is 2.57. The Morgan fingerprint density at radius 2 is 2.05 bits per heavy atom. The number of phenolic OH excluding ortho intramolecular Hbond substituents is 2. The minimum atomic E-state index is -1.33. The van der Waals surface area contributed by atoms with E-state index < -0.39 is 23.8 Å². The van der Waals surface area contributed by atoms with E-state index in [1.807, 2.05) is 0 Å². The van der Waals surface area contributed by atoms with Gasteiger partial charge in [0.25, 0.3) is 0 Å². The minimum Gasteiger partial charge on any atom is -0.508 e. The summed E-state index contributed by atoms with van der Waals surface area (Å²) in [4.78, 5) is 11.4.